The van der Waals surface area contributed by atoms with E-state index in [1.54, 1.807) is 13.0 Å². The summed E-state index contributed by atoms with van der Waals surface area (Å²) in [6.07, 6.45) is 1.02. The summed E-state index contributed by atoms with van der Waals surface area (Å²) in [5, 5.41) is 13.9. The number of benzene rings is 1. The fourth-order valence-electron chi connectivity index (χ4n) is 1.79. The van der Waals surface area contributed by atoms with Gasteiger partial charge in [-0.2, -0.15) is 0 Å². The maximum Gasteiger partial charge on any atom is 0.305 e. The zero-order valence-corrected chi connectivity index (χ0v) is 12.3. The van der Waals surface area contributed by atoms with Crippen LogP contribution in [0.15, 0.2) is 18.2 Å². The molecule has 1 N–H and O–H groups in total. The van der Waals surface area contributed by atoms with Crippen LogP contribution < -0.4 is 10.1 Å². The van der Waals surface area contributed by atoms with Gasteiger partial charge in [0.2, 0.25) is 0 Å². The number of carbonyl (C=O) groups excluding carboxylic acids is 1. The van der Waals surface area contributed by atoms with Crippen molar-refractivity contribution in [2.75, 3.05) is 20.3 Å². The lowest BCUT2D eigenvalue weighted by Crippen LogP contribution is -2.16. The number of hydrogen-bond acceptors (Lipinski definition) is 6. The summed E-state index contributed by atoms with van der Waals surface area (Å²) in [7, 11) is 1.47. The lowest BCUT2D eigenvalue weighted by atomic mass is 10.2. The molecule has 116 valence electrons. The molecule has 0 aromatic heterocycles. The first-order valence-electron chi connectivity index (χ1n) is 6.75. The van der Waals surface area contributed by atoms with Crippen molar-refractivity contribution in [3.05, 3.63) is 33.9 Å². The van der Waals surface area contributed by atoms with Crippen molar-refractivity contribution in [2.45, 2.75) is 26.3 Å². The van der Waals surface area contributed by atoms with Crippen LogP contribution in [0.2, 0.25) is 0 Å². The summed E-state index contributed by atoms with van der Waals surface area (Å²) in [5.41, 5.74) is 0.759. The minimum absolute atomic E-state index is 0.00215. The first kappa shape index (κ1) is 16.9. The predicted molar refractivity (Wildman–Crippen MR) is 77.2 cm³/mol. The van der Waals surface area contributed by atoms with E-state index >= 15 is 0 Å². The van der Waals surface area contributed by atoms with E-state index in [4.69, 9.17) is 9.47 Å². The number of nitrogens with zero attached hydrogens (tertiary/aromatic N) is 1. The third-order valence-corrected chi connectivity index (χ3v) is 2.77. The normalized spacial score (nSPS) is 10.2. The molecule has 1 rings (SSSR count). The molecule has 0 aliphatic heterocycles. The smallest absolute Gasteiger partial charge is 0.305 e. The van der Waals surface area contributed by atoms with E-state index < -0.39 is 4.92 Å². The number of carbonyl (C=O) groups is 1. The molecular formula is C14H20N2O5. The van der Waals surface area contributed by atoms with E-state index in [0.29, 0.717) is 38.3 Å². The zero-order valence-electron chi connectivity index (χ0n) is 12.3. The Morgan fingerprint density at radius 3 is 2.76 bits per heavy atom. The van der Waals surface area contributed by atoms with Gasteiger partial charge in [0.1, 0.15) is 5.75 Å². The number of ether oxygens (including phenoxy) is 2. The molecule has 0 bridgehead atoms. The molecule has 1 aromatic carbocycles. The highest BCUT2D eigenvalue weighted by atomic mass is 16.6. The highest BCUT2D eigenvalue weighted by molar-refractivity contribution is 5.69. The highest BCUT2D eigenvalue weighted by Crippen LogP contribution is 2.22. The second kappa shape index (κ2) is 8.91. The van der Waals surface area contributed by atoms with Crippen molar-refractivity contribution in [1.82, 2.24) is 5.32 Å². The number of nitro groups is 1. The highest BCUT2D eigenvalue weighted by Gasteiger charge is 2.10. The molecule has 0 amide bonds. The van der Waals surface area contributed by atoms with Crippen molar-refractivity contribution >= 4 is 11.7 Å². The van der Waals surface area contributed by atoms with Crippen LogP contribution in [0.25, 0.3) is 0 Å². The number of rotatable bonds is 9. The topological polar surface area (TPSA) is 90.7 Å². The van der Waals surface area contributed by atoms with E-state index in [2.05, 4.69) is 5.32 Å². The Balaban J connectivity index is 2.43. The molecule has 0 saturated carbocycles. The number of non-ortho nitro benzene ring substituents is 1. The molecule has 0 heterocycles. The van der Waals surface area contributed by atoms with Gasteiger partial charge >= 0.3 is 5.97 Å². The molecule has 0 radical (unpaired) electrons. The number of nitrogens with one attached hydrogen (secondary N) is 1. The largest absolute Gasteiger partial charge is 0.496 e. The quantitative estimate of drug-likeness (QED) is 0.324. The molecule has 0 saturated heterocycles. The fourth-order valence-corrected chi connectivity index (χ4v) is 1.79. The van der Waals surface area contributed by atoms with E-state index in [-0.39, 0.29) is 11.7 Å². The molecule has 21 heavy (non-hydrogen) atoms. The summed E-state index contributed by atoms with van der Waals surface area (Å²) in [4.78, 5) is 21.5. The number of esters is 1. The standard InChI is InChI=1S/C14H20N2O5/c1-3-21-14(17)5-4-6-15-10-11-7-12(16(18)19)9-13(8-11)20-2/h7-9,15H,3-6,10H2,1-2H3. The molecule has 0 aliphatic rings. The Kier molecular flexibility index (Phi) is 7.17. The Morgan fingerprint density at radius 1 is 1.38 bits per heavy atom. The van der Waals surface area contributed by atoms with Gasteiger partial charge < -0.3 is 14.8 Å². The second-order valence-corrected chi connectivity index (χ2v) is 4.38. The Bertz CT molecular complexity index is 490. The van der Waals surface area contributed by atoms with E-state index in [0.717, 1.165) is 5.56 Å². The summed E-state index contributed by atoms with van der Waals surface area (Å²) >= 11 is 0. The van der Waals surface area contributed by atoms with Crippen LogP contribution >= 0.6 is 0 Å². The monoisotopic (exact) mass is 296 g/mol. The van der Waals surface area contributed by atoms with Gasteiger partial charge in [0.05, 0.1) is 24.7 Å². The molecule has 1 aromatic rings. The Hall–Kier alpha value is -2.15. The van der Waals surface area contributed by atoms with Gasteiger partial charge in [0.15, 0.2) is 0 Å². The number of nitro benzene ring substituents is 1. The minimum Gasteiger partial charge on any atom is -0.496 e. The van der Waals surface area contributed by atoms with Crippen LogP contribution in [0.3, 0.4) is 0 Å². The van der Waals surface area contributed by atoms with E-state index in [9.17, 15) is 14.9 Å². The molecule has 0 aliphatic carbocycles. The molecule has 7 heteroatoms. The van der Waals surface area contributed by atoms with Crippen molar-refractivity contribution < 1.29 is 19.2 Å². The van der Waals surface area contributed by atoms with Crippen molar-refractivity contribution in [3.63, 3.8) is 0 Å². The maximum atomic E-state index is 11.1. The fraction of sp³-hybridized carbons (Fsp3) is 0.500. The first-order valence-corrected chi connectivity index (χ1v) is 6.75. The third-order valence-electron chi connectivity index (χ3n) is 2.77. The lowest BCUT2D eigenvalue weighted by Gasteiger charge is -2.07. The molecule has 0 fully saturated rings. The average Bonchev–Trinajstić information content (AvgIpc) is 2.46. The molecule has 0 spiro atoms. The molecular weight excluding hydrogens is 276 g/mol. The maximum absolute atomic E-state index is 11.1. The van der Waals surface area contributed by atoms with Gasteiger partial charge in [-0.25, -0.2) is 0 Å². The third kappa shape index (κ3) is 6.22. The lowest BCUT2D eigenvalue weighted by molar-refractivity contribution is -0.385. The van der Waals surface area contributed by atoms with Gasteiger partial charge in [-0.1, -0.05) is 0 Å². The van der Waals surface area contributed by atoms with E-state index in [1.165, 1.54) is 19.2 Å². The van der Waals surface area contributed by atoms with Crippen molar-refractivity contribution in [1.29, 1.82) is 0 Å². The summed E-state index contributed by atoms with van der Waals surface area (Å²) in [6, 6.07) is 4.62. The Morgan fingerprint density at radius 2 is 2.14 bits per heavy atom. The van der Waals surface area contributed by atoms with Gasteiger partial charge in [-0.05, 0) is 31.5 Å². The number of hydrogen-bond donors (Lipinski definition) is 1. The molecule has 7 nitrogen and oxygen atoms in total. The molecule has 0 unspecified atom stereocenters. The second-order valence-electron chi connectivity index (χ2n) is 4.38. The van der Waals surface area contributed by atoms with Gasteiger partial charge in [0, 0.05) is 19.0 Å². The van der Waals surface area contributed by atoms with Crippen LogP contribution in [0.1, 0.15) is 25.3 Å². The van der Waals surface area contributed by atoms with Crippen LogP contribution in [-0.4, -0.2) is 31.2 Å². The van der Waals surface area contributed by atoms with Crippen molar-refractivity contribution in [3.8, 4) is 5.75 Å². The molecule has 0 atom stereocenters. The van der Waals surface area contributed by atoms with E-state index in [1.807, 2.05) is 0 Å². The zero-order chi connectivity index (χ0) is 15.7. The van der Waals surface area contributed by atoms with Crippen LogP contribution in [0, 0.1) is 10.1 Å². The van der Waals surface area contributed by atoms with Gasteiger partial charge in [0.25, 0.3) is 5.69 Å². The minimum atomic E-state index is -0.452. The van der Waals surface area contributed by atoms with Gasteiger partial charge in [-0.15, -0.1) is 0 Å². The number of methoxy groups -OCH3 is 1. The van der Waals surface area contributed by atoms with Crippen molar-refractivity contribution in [2.24, 2.45) is 0 Å². The van der Waals surface area contributed by atoms with Gasteiger partial charge in [-0.3, -0.25) is 14.9 Å². The summed E-state index contributed by atoms with van der Waals surface area (Å²) < 4.78 is 9.86. The average molecular weight is 296 g/mol. The van der Waals surface area contributed by atoms with Crippen LogP contribution in [0.4, 0.5) is 5.69 Å². The summed E-state index contributed by atoms with van der Waals surface area (Å²) in [5.74, 6) is 0.240. The SMILES string of the molecule is CCOC(=O)CCCNCc1cc(OC)cc([N+](=O)[O-])c1. The predicted octanol–water partition coefficient (Wildman–Crippen LogP) is 2.04. The Labute approximate surface area is 123 Å². The van der Waals surface area contributed by atoms with Crippen LogP contribution in [-0.2, 0) is 16.1 Å². The summed E-state index contributed by atoms with van der Waals surface area (Å²) in [6.45, 7) is 3.26. The first-order chi connectivity index (χ1) is 10.1. The van der Waals surface area contributed by atoms with Crippen LogP contribution in [0.5, 0.6) is 5.75 Å².